The normalized spacial score (nSPS) is 24.6. The Morgan fingerprint density at radius 3 is 2.64 bits per heavy atom. The molecule has 0 aromatic rings. The fourth-order valence-electron chi connectivity index (χ4n) is 2.59. The molecule has 122 valence electrons. The third-order valence-electron chi connectivity index (χ3n) is 3.55. The zero-order chi connectivity index (χ0) is 17.0. The van der Waals surface area contributed by atoms with Crippen LogP contribution in [0.5, 0.6) is 0 Å². The Hall–Kier alpha value is -2.11. The van der Waals surface area contributed by atoms with Crippen molar-refractivity contribution >= 4 is 17.5 Å². The van der Waals surface area contributed by atoms with Crippen LogP contribution in [-0.2, 0) is 14.4 Å². The first kappa shape index (κ1) is 17.9. The van der Waals surface area contributed by atoms with Crippen molar-refractivity contribution in [1.29, 1.82) is 0 Å². The van der Waals surface area contributed by atoms with Crippen molar-refractivity contribution in [2.75, 3.05) is 6.61 Å². The van der Waals surface area contributed by atoms with E-state index in [0.717, 1.165) is 0 Å². The molecular weight excluding hydrogens is 286 g/mol. The smallest absolute Gasteiger partial charge is 0.331 e. The lowest BCUT2D eigenvalue weighted by Crippen LogP contribution is -2.51. The number of hydrogen-bond acceptors (Lipinski definition) is 5. The van der Waals surface area contributed by atoms with Crippen LogP contribution in [0.3, 0.4) is 0 Å². The Labute approximate surface area is 130 Å². The first-order valence-electron chi connectivity index (χ1n) is 7.21. The quantitative estimate of drug-likeness (QED) is 0.248. The van der Waals surface area contributed by atoms with Gasteiger partial charge in [0.05, 0.1) is 5.71 Å². The molecule has 22 heavy (non-hydrogen) atoms. The number of hydrogen-bond donors (Lipinski definition) is 2. The van der Waals surface area contributed by atoms with E-state index in [0.29, 0.717) is 6.42 Å². The van der Waals surface area contributed by atoms with Gasteiger partial charge in [-0.2, -0.15) is 0 Å². The third kappa shape index (κ3) is 3.21. The zero-order valence-electron chi connectivity index (χ0n) is 13.3. The minimum absolute atomic E-state index is 0.00749. The van der Waals surface area contributed by atoms with E-state index in [-0.39, 0.29) is 25.2 Å². The molecule has 0 aliphatic heterocycles. The predicted octanol–water partition coefficient (Wildman–Crippen LogP) is 2.86. The fraction of sp³-hybridized carbons (Fsp3) is 0.562. The molecule has 2 N–H and O–H groups in total. The minimum atomic E-state index is -2.15. The Balaban J connectivity index is 3.46. The predicted molar refractivity (Wildman–Crippen MR) is 82.7 cm³/mol. The standard InChI is InChI=1S/C16H23NO5/c1-5-7-11(17-22-8-6-2)16(14(20)21)12(18)9-15(3,4)10-13(16)19/h6,9,18H,2,5,7-8,10H2,1,3-4H3,(H,20,21)/b17-11+. The summed E-state index contributed by atoms with van der Waals surface area (Å²) in [5.74, 6) is -2.51. The second-order valence-electron chi connectivity index (χ2n) is 6.05. The Bertz CT molecular complexity index is 533. The average molecular weight is 309 g/mol. The zero-order valence-corrected chi connectivity index (χ0v) is 13.3. The molecule has 6 nitrogen and oxygen atoms in total. The molecule has 0 heterocycles. The van der Waals surface area contributed by atoms with Crippen LogP contribution >= 0.6 is 0 Å². The molecule has 1 rings (SSSR count). The number of ketones is 1. The van der Waals surface area contributed by atoms with Crippen molar-refractivity contribution in [3.05, 3.63) is 24.5 Å². The molecule has 1 aliphatic carbocycles. The number of rotatable bonds is 7. The molecule has 0 spiro atoms. The third-order valence-corrected chi connectivity index (χ3v) is 3.55. The first-order valence-corrected chi connectivity index (χ1v) is 7.21. The van der Waals surface area contributed by atoms with Crippen LogP contribution in [0.2, 0.25) is 0 Å². The highest BCUT2D eigenvalue weighted by atomic mass is 16.6. The largest absolute Gasteiger partial charge is 0.511 e. The number of aliphatic hydroxyl groups excluding tert-OH is 1. The van der Waals surface area contributed by atoms with E-state index in [1.807, 2.05) is 6.92 Å². The van der Waals surface area contributed by atoms with Crippen molar-refractivity contribution in [2.24, 2.45) is 16.0 Å². The van der Waals surface area contributed by atoms with Crippen molar-refractivity contribution < 1.29 is 24.6 Å². The summed E-state index contributed by atoms with van der Waals surface area (Å²) >= 11 is 0. The van der Waals surface area contributed by atoms with E-state index in [2.05, 4.69) is 11.7 Å². The number of carboxylic acid groups (broad SMARTS) is 1. The van der Waals surface area contributed by atoms with Crippen LogP contribution in [0, 0.1) is 10.8 Å². The van der Waals surface area contributed by atoms with Crippen LogP contribution < -0.4 is 0 Å². The monoisotopic (exact) mass is 309 g/mol. The maximum atomic E-state index is 12.6. The molecule has 0 saturated carbocycles. The van der Waals surface area contributed by atoms with Gasteiger partial charge >= 0.3 is 5.97 Å². The SMILES string of the molecule is C=CCO/N=C(\CCC)C1(C(=O)O)C(=O)CC(C)(C)C=C1O. The van der Waals surface area contributed by atoms with Crippen molar-refractivity contribution in [3.63, 3.8) is 0 Å². The second-order valence-corrected chi connectivity index (χ2v) is 6.05. The molecule has 0 radical (unpaired) electrons. The summed E-state index contributed by atoms with van der Waals surface area (Å²) in [5.41, 5.74) is -2.73. The summed E-state index contributed by atoms with van der Waals surface area (Å²) in [4.78, 5) is 29.5. The Kier molecular flexibility index (Phi) is 5.52. The average Bonchev–Trinajstić information content (AvgIpc) is 2.36. The highest BCUT2D eigenvalue weighted by molar-refractivity contribution is 6.26. The summed E-state index contributed by atoms with van der Waals surface area (Å²) in [6, 6.07) is 0. The van der Waals surface area contributed by atoms with Gasteiger partial charge in [-0.05, 0) is 17.9 Å². The molecule has 1 aliphatic rings. The van der Waals surface area contributed by atoms with E-state index >= 15 is 0 Å². The molecule has 1 unspecified atom stereocenters. The topological polar surface area (TPSA) is 96.2 Å². The molecule has 0 aromatic heterocycles. The molecule has 0 fully saturated rings. The lowest BCUT2D eigenvalue weighted by atomic mass is 9.65. The molecular formula is C16H23NO5. The lowest BCUT2D eigenvalue weighted by molar-refractivity contribution is -0.150. The van der Waals surface area contributed by atoms with Crippen LogP contribution in [-0.4, -0.2) is 34.3 Å². The molecule has 0 amide bonds. The van der Waals surface area contributed by atoms with Gasteiger partial charge in [0.1, 0.15) is 12.4 Å². The second kappa shape index (κ2) is 6.77. The van der Waals surface area contributed by atoms with Crippen LogP contribution in [0.1, 0.15) is 40.0 Å². The van der Waals surface area contributed by atoms with Gasteiger partial charge in [0.25, 0.3) is 0 Å². The summed E-state index contributed by atoms with van der Waals surface area (Å²) in [6.45, 7) is 8.92. The van der Waals surface area contributed by atoms with E-state index in [1.165, 1.54) is 12.2 Å². The van der Waals surface area contributed by atoms with Gasteiger partial charge in [0.2, 0.25) is 5.41 Å². The number of Topliss-reactive ketones (excluding diaryl/α,β-unsaturated/α-hetero) is 1. The highest BCUT2D eigenvalue weighted by Crippen LogP contribution is 2.43. The minimum Gasteiger partial charge on any atom is -0.511 e. The van der Waals surface area contributed by atoms with E-state index in [9.17, 15) is 19.8 Å². The molecule has 0 saturated heterocycles. The molecule has 0 bridgehead atoms. The van der Waals surface area contributed by atoms with Crippen LogP contribution in [0.25, 0.3) is 0 Å². The van der Waals surface area contributed by atoms with Gasteiger partial charge in [-0.1, -0.05) is 45.0 Å². The van der Waals surface area contributed by atoms with E-state index in [1.54, 1.807) is 13.8 Å². The lowest BCUT2D eigenvalue weighted by Gasteiger charge is -2.36. The summed E-state index contributed by atoms with van der Waals surface area (Å²) in [5, 5.41) is 23.8. The Morgan fingerprint density at radius 2 is 2.18 bits per heavy atom. The fourth-order valence-corrected chi connectivity index (χ4v) is 2.59. The van der Waals surface area contributed by atoms with Crippen LogP contribution in [0.4, 0.5) is 0 Å². The molecule has 0 aromatic carbocycles. The number of nitrogens with zero attached hydrogens (tertiary/aromatic N) is 1. The number of carbonyl (C=O) groups excluding carboxylic acids is 1. The highest BCUT2D eigenvalue weighted by Gasteiger charge is 2.57. The number of oxime groups is 1. The van der Waals surface area contributed by atoms with Gasteiger partial charge in [0, 0.05) is 6.42 Å². The van der Waals surface area contributed by atoms with Gasteiger partial charge in [-0.3, -0.25) is 9.59 Å². The number of allylic oxidation sites excluding steroid dienone is 1. The Morgan fingerprint density at radius 1 is 1.55 bits per heavy atom. The number of aliphatic hydroxyl groups is 1. The van der Waals surface area contributed by atoms with Gasteiger partial charge in [0.15, 0.2) is 5.78 Å². The summed E-state index contributed by atoms with van der Waals surface area (Å²) in [7, 11) is 0. The summed E-state index contributed by atoms with van der Waals surface area (Å²) < 4.78 is 0. The van der Waals surface area contributed by atoms with Crippen molar-refractivity contribution in [1.82, 2.24) is 0 Å². The van der Waals surface area contributed by atoms with Crippen molar-refractivity contribution in [3.8, 4) is 0 Å². The van der Waals surface area contributed by atoms with Gasteiger partial charge in [-0.15, -0.1) is 0 Å². The maximum Gasteiger partial charge on any atom is 0.331 e. The van der Waals surface area contributed by atoms with Crippen molar-refractivity contribution in [2.45, 2.75) is 40.0 Å². The summed E-state index contributed by atoms with van der Waals surface area (Å²) in [6.07, 6.45) is 3.68. The van der Waals surface area contributed by atoms with Crippen LogP contribution in [0.15, 0.2) is 29.6 Å². The van der Waals surface area contributed by atoms with Gasteiger partial charge in [-0.25, -0.2) is 0 Å². The number of carbonyl (C=O) groups is 2. The number of aliphatic carboxylic acids is 1. The molecule has 6 heteroatoms. The van der Waals surface area contributed by atoms with E-state index in [4.69, 9.17) is 4.84 Å². The first-order chi connectivity index (χ1) is 10.2. The van der Waals surface area contributed by atoms with Gasteiger partial charge < -0.3 is 15.1 Å². The maximum absolute atomic E-state index is 12.6. The van der Waals surface area contributed by atoms with E-state index < -0.39 is 28.3 Å². The molecule has 1 atom stereocenters. The number of carboxylic acids is 1.